The first-order valence-corrected chi connectivity index (χ1v) is 10.6. The van der Waals surface area contributed by atoms with Crippen molar-refractivity contribution in [3.05, 3.63) is 60.2 Å². The maximum atomic E-state index is 12.4. The average molecular weight is 415 g/mol. The lowest BCUT2D eigenvalue weighted by atomic mass is 10.1. The van der Waals surface area contributed by atoms with E-state index in [1.54, 1.807) is 4.90 Å². The van der Waals surface area contributed by atoms with Crippen molar-refractivity contribution in [1.82, 2.24) is 5.32 Å². The molecule has 2 aromatic carbocycles. The number of nitrogens with zero attached hydrogens (tertiary/aromatic N) is 2. The molecule has 6 heteroatoms. The van der Waals surface area contributed by atoms with Crippen LogP contribution in [0.3, 0.4) is 0 Å². The molecule has 4 rings (SSSR count). The lowest BCUT2D eigenvalue weighted by Gasteiger charge is -2.26. The molecule has 31 heavy (non-hydrogen) atoms. The highest BCUT2D eigenvalue weighted by molar-refractivity contribution is 6.00. The summed E-state index contributed by atoms with van der Waals surface area (Å²) >= 11 is 0. The predicted molar refractivity (Wildman–Crippen MR) is 119 cm³/mol. The van der Waals surface area contributed by atoms with E-state index in [2.05, 4.69) is 17.2 Å². The molecule has 2 aliphatic heterocycles. The number of hydrogen-bond donors (Lipinski definition) is 1. The number of carbonyl (C=O) groups excluding carboxylic acids is 3. The van der Waals surface area contributed by atoms with E-state index in [0.29, 0.717) is 13.0 Å². The molecule has 2 heterocycles. The van der Waals surface area contributed by atoms with Gasteiger partial charge in [0.1, 0.15) is 0 Å². The van der Waals surface area contributed by atoms with Crippen molar-refractivity contribution in [3.63, 3.8) is 0 Å². The fraction of sp³-hybridized carbons (Fsp3) is 0.320. The molecule has 158 valence electrons. The highest BCUT2D eigenvalue weighted by Crippen LogP contribution is 2.25. The first-order valence-electron chi connectivity index (χ1n) is 10.6. The van der Waals surface area contributed by atoms with Crippen LogP contribution in [0, 0.1) is 17.8 Å². The zero-order chi connectivity index (χ0) is 21.6. The summed E-state index contributed by atoms with van der Waals surface area (Å²) in [5.74, 6) is 5.60. The lowest BCUT2D eigenvalue weighted by molar-refractivity contribution is -0.126. The Bertz CT molecular complexity index is 1020. The number of carbonyl (C=O) groups is 3. The molecule has 1 N–H and O–H groups in total. The number of hydrogen-bond acceptors (Lipinski definition) is 3. The Balaban J connectivity index is 1.28. The van der Waals surface area contributed by atoms with Gasteiger partial charge in [-0.25, -0.2) is 0 Å². The van der Waals surface area contributed by atoms with Crippen molar-refractivity contribution >= 4 is 29.1 Å². The van der Waals surface area contributed by atoms with Gasteiger partial charge in [-0.1, -0.05) is 30.0 Å². The van der Waals surface area contributed by atoms with Crippen molar-refractivity contribution in [3.8, 4) is 11.8 Å². The quantitative estimate of drug-likeness (QED) is 0.781. The predicted octanol–water partition coefficient (Wildman–Crippen LogP) is 2.72. The summed E-state index contributed by atoms with van der Waals surface area (Å²) in [6.45, 7) is 1.38. The third-order valence-electron chi connectivity index (χ3n) is 5.65. The van der Waals surface area contributed by atoms with Gasteiger partial charge in [-0.05, 0) is 49.2 Å². The van der Waals surface area contributed by atoms with Gasteiger partial charge in [0, 0.05) is 42.9 Å². The monoisotopic (exact) mass is 415 g/mol. The second-order valence-electron chi connectivity index (χ2n) is 7.81. The van der Waals surface area contributed by atoms with Crippen molar-refractivity contribution in [1.29, 1.82) is 0 Å². The molecule has 3 amide bonds. The van der Waals surface area contributed by atoms with Crippen LogP contribution in [0.4, 0.5) is 11.4 Å². The number of amides is 3. The molecule has 0 spiro atoms. The van der Waals surface area contributed by atoms with Gasteiger partial charge in [-0.2, -0.15) is 0 Å². The topological polar surface area (TPSA) is 69.7 Å². The van der Waals surface area contributed by atoms with E-state index in [1.807, 2.05) is 59.5 Å². The molecule has 1 unspecified atom stereocenters. The maximum absolute atomic E-state index is 12.4. The summed E-state index contributed by atoms with van der Waals surface area (Å²) in [5.41, 5.74) is 2.54. The van der Waals surface area contributed by atoms with Gasteiger partial charge in [0.15, 0.2) is 0 Å². The minimum atomic E-state index is -0.365. The van der Waals surface area contributed by atoms with Gasteiger partial charge in [0.25, 0.3) is 0 Å². The Hall–Kier alpha value is -3.59. The van der Waals surface area contributed by atoms with Gasteiger partial charge in [-0.3, -0.25) is 14.4 Å². The van der Waals surface area contributed by atoms with Crippen LogP contribution in [0.1, 0.15) is 31.2 Å². The van der Waals surface area contributed by atoms with Crippen LogP contribution < -0.4 is 15.1 Å². The Kier molecular flexibility index (Phi) is 6.32. The molecule has 2 fully saturated rings. The van der Waals surface area contributed by atoms with E-state index in [-0.39, 0.29) is 36.6 Å². The molecular formula is C25H25N3O3. The molecule has 0 aliphatic carbocycles. The Morgan fingerprint density at radius 3 is 2.42 bits per heavy atom. The fourth-order valence-corrected chi connectivity index (χ4v) is 3.97. The Morgan fingerprint density at radius 1 is 0.935 bits per heavy atom. The summed E-state index contributed by atoms with van der Waals surface area (Å²) in [4.78, 5) is 40.2. The van der Waals surface area contributed by atoms with Crippen LogP contribution in [0.15, 0.2) is 54.6 Å². The summed E-state index contributed by atoms with van der Waals surface area (Å²) in [6.07, 6.45) is 2.81. The number of rotatable bonds is 4. The third-order valence-corrected chi connectivity index (χ3v) is 5.65. The van der Waals surface area contributed by atoms with Crippen LogP contribution >= 0.6 is 0 Å². The third kappa shape index (κ3) is 4.95. The molecular weight excluding hydrogens is 390 g/mol. The van der Waals surface area contributed by atoms with E-state index >= 15 is 0 Å². The Labute approximate surface area is 182 Å². The first kappa shape index (κ1) is 20.7. The number of para-hydroxylation sites is 1. The van der Waals surface area contributed by atoms with Crippen molar-refractivity contribution < 1.29 is 14.4 Å². The number of benzene rings is 2. The van der Waals surface area contributed by atoms with Gasteiger partial charge in [0.05, 0.1) is 12.5 Å². The van der Waals surface area contributed by atoms with Gasteiger partial charge >= 0.3 is 0 Å². The van der Waals surface area contributed by atoms with Crippen molar-refractivity contribution in [2.24, 2.45) is 5.92 Å². The molecule has 0 radical (unpaired) electrons. The molecule has 0 aromatic heterocycles. The highest BCUT2D eigenvalue weighted by Gasteiger charge is 2.34. The normalized spacial score (nSPS) is 18.5. The van der Waals surface area contributed by atoms with Crippen molar-refractivity contribution in [2.75, 3.05) is 29.4 Å². The summed E-state index contributed by atoms with van der Waals surface area (Å²) < 4.78 is 0. The number of piperidine rings is 1. The zero-order valence-electron chi connectivity index (χ0n) is 17.3. The fourth-order valence-electron chi connectivity index (χ4n) is 3.97. The maximum Gasteiger partial charge on any atom is 0.227 e. The highest BCUT2D eigenvalue weighted by atomic mass is 16.2. The van der Waals surface area contributed by atoms with Crippen LogP contribution in [0.2, 0.25) is 0 Å². The van der Waals surface area contributed by atoms with E-state index in [9.17, 15) is 14.4 Å². The second-order valence-corrected chi connectivity index (χ2v) is 7.81. The van der Waals surface area contributed by atoms with Crippen LogP contribution in [0.5, 0.6) is 0 Å². The number of nitrogens with one attached hydrogen (secondary N) is 1. The van der Waals surface area contributed by atoms with Gasteiger partial charge < -0.3 is 15.1 Å². The summed E-state index contributed by atoms with van der Waals surface area (Å²) in [7, 11) is 0. The molecule has 2 aliphatic rings. The Morgan fingerprint density at radius 2 is 1.68 bits per heavy atom. The van der Waals surface area contributed by atoms with Crippen LogP contribution in [0.25, 0.3) is 0 Å². The standard InChI is InChI=1S/C25H25N3O3/c29-23-10-4-5-16-27(23)22-13-11-19(12-14-22)7-6-15-26-25(31)20-17-24(30)28(18-20)21-8-2-1-3-9-21/h1-3,8-9,11-14,20H,4-5,10,15-18H2,(H,26,31). The summed E-state index contributed by atoms with van der Waals surface area (Å²) in [5, 5.41) is 2.81. The van der Waals surface area contributed by atoms with Crippen LogP contribution in [-0.2, 0) is 14.4 Å². The molecule has 6 nitrogen and oxygen atoms in total. The molecule has 2 saturated heterocycles. The lowest BCUT2D eigenvalue weighted by Crippen LogP contribution is -2.35. The van der Waals surface area contributed by atoms with E-state index in [0.717, 1.165) is 36.3 Å². The first-order chi connectivity index (χ1) is 15.1. The van der Waals surface area contributed by atoms with E-state index in [1.165, 1.54) is 0 Å². The zero-order valence-corrected chi connectivity index (χ0v) is 17.3. The minimum Gasteiger partial charge on any atom is -0.345 e. The smallest absolute Gasteiger partial charge is 0.227 e. The summed E-state index contributed by atoms with van der Waals surface area (Å²) in [6, 6.07) is 17.0. The SMILES string of the molecule is O=C(NCC#Cc1ccc(N2CCCCC2=O)cc1)C1CC(=O)N(c2ccccc2)C1. The van der Waals surface area contributed by atoms with E-state index < -0.39 is 0 Å². The van der Waals surface area contributed by atoms with Gasteiger partial charge in [0.2, 0.25) is 17.7 Å². The molecule has 1 atom stereocenters. The largest absolute Gasteiger partial charge is 0.345 e. The minimum absolute atomic E-state index is 0.0373. The van der Waals surface area contributed by atoms with Crippen molar-refractivity contribution in [2.45, 2.75) is 25.7 Å². The average Bonchev–Trinajstić information content (AvgIpc) is 3.20. The molecule has 2 aromatic rings. The molecule has 0 bridgehead atoms. The van der Waals surface area contributed by atoms with Gasteiger partial charge in [-0.15, -0.1) is 0 Å². The second kappa shape index (κ2) is 9.48. The number of anilines is 2. The van der Waals surface area contributed by atoms with Crippen LogP contribution in [-0.4, -0.2) is 37.4 Å². The molecule has 0 saturated carbocycles. The van der Waals surface area contributed by atoms with E-state index in [4.69, 9.17) is 0 Å².